The number of alkyl halides is 2. The highest BCUT2D eigenvalue weighted by atomic mass is 79.9. The third-order valence-electron chi connectivity index (χ3n) is 1.25. The van der Waals surface area contributed by atoms with Crippen LogP contribution in [-0.4, -0.2) is 6.61 Å². The van der Waals surface area contributed by atoms with E-state index in [0.29, 0.717) is 0 Å². The lowest BCUT2D eigenvalue weighted by molar-refractivity contribution is -0.0924. The van der Waals surface area contributed by atoms with Crippen molar-refractivity contribution in [2.45, 2.75) is 19.5 Å². The van der Waals surface area contributed by atoms with Gasteiger partial charge in [0.25, 0.3) is 0 Å². The van der Waals surface area contributed by atoms with Crippen molar-refractivity contribution < 1.29 is 13.5 Å². The number of halogens is 3. The summed E-state index contributed by atoms with van der Waals surface area (Å²) in [4.78, 5) is 0. The van der Waals surface area contributed by atoms with Crippen molar-refractivity contribution in [2.75, 3.05) is 0 Å². The fraction of sp³-hybridized carbons (Fsp3) is 0.429. The van der Waals surface area contributed by atoms with Gasteiger partial charge in [-0.3, -0.25) is 0 Å². The van der Waals surface area contributed by atoms with Crippen LogP contribution in [0.15, 0.2) is 22.4 Å². The van der Waals surface area contributed by atoms with E-state index < -0.39 is 6.61 Å². The molecule has 0 atom stereocenters. The van der Waals surface area contributed by atoms with E-state index in [1.54, 1.807) is 12.2 Å². The van der Waals surface area contributed by atoms with Gasteiger partial charge < -0.3 is 4.74 Å². The summed E-state index contributed by atoms with van der Waals surface area (Å²) >= 11 is 3.21. The number of ether oxygens (including phenoxy) is 1. The summed E-state index contributed by atoms with van der Waals surface area (Å²) in [5.74, 6) is 0.248. The van der Waals surface area contributed by atoms with Crippen molar-refractivity contribution >= 4 is 15.9 Å². The highest BCUT2D eigenvalue weighted by Gasteiger charge is 2.08. The minimum Gasteiger partial charge on any atom is -0.435 e. The average Bonchev–Trinajstić information content (AvgIpc) is 1.85. The fourth-order valence-corrected chi connectivity index (χ4v) is 1.28. The first-order valence-corrected chi connectivity index (χ1v) is 3.99. The average molecular weight is 225 g/mol. The predicted molar refractivity (Wildman–Crippen MR) is 41.4 cm³/mol. The Morgan fingerprint density at radius 3 is 2.82 bits per heavy atom. The van der Waals surface area contributed by atoms with Gasteiger partial charge in [-0.25, -0.2) is 0 Å². The molecule has 0 aromatic heterocycles. The molecule has 1 rings (SSSR count). The third kappa shape index (κ3) is 3.01. The minimum atomic E-state index is -2.73. The van der Waals surface area contributed by atoms with Crippen molar-refractivity contribution in [3.8, 4) is 0 Å². The summed E-state index contributed by atoms with van der Waals surface area (Å²) in [6.07, 6.45) is 4.82. The quantitative estimate of drug-likeness (QED) is 0.701. The number of hydrogen-bond donors (Lipinski definition) is 0. The summed E-state index contributed by atoms with van der Waals surface area (Å²) in [5, 5.41) is 0. The van der Waals surface area contributed by atoms with Crippen molar-refractivity contribution in [2.24, 2.45) is 0 Å². The van der Waals surface area contributed by atoms with Crippen LogP contribution in [0.5, 0.6) is 0 Å². The van der Waals surface area contributed by atoms with Crippen LogP contribution < -0.4 is 0 Å². The van der Waals surface area contributed by atoms with E-state index >= 15 is 0 Å². The Kier molecular flexibility index (Phi) is 3.05. The summed E-state index contributed by atoms with van der Waals surface area (Å²) in [6.45, 7) is -2.73. The lowest BCUT2D eigenvalue weighted by Crippen LogP contribution is -1.99. The van der Waals surface area contributed by atoms with Gasteiger partial charge in [0.2, 0.25) is 0 Å². The number of allylic oxidation sites excluding steroid dienone is 3. The van der Waals surface area contributed by atoms with Gasteiger partial charge in [-0.2, -0.15) is 8.78 Å². The maximum absolute atomic E-state index is 11.6. The van der Waals surface area contributed by atoms with Crippen LogP contribution in [0.4, 0.5) is 8.78 Å². The summed E-state index contributed by atoms with van der Waals surface area (Å²) in [7, 11) is 0. The summed E-state index contributed by atoms with van der Waals surface area (Å²) < 4.78 is 28.4. The van der Waals surface area contributed by atoms with Crippen LogP contribution in [-0.2, 0) is 4.74 Å². The van der Waals surface area contributed by atoms with Crippen molar-refractivity contribution in [3.63, 3.8) is 0 Å². The van der Waals surface area contributed by atoms with Gasteiger partial charge in [0, 0.05) is 0 Å². The third-order valence-corrected chi connectivity index (χ3v) is 1.88. The molecule has 0 heterocycles. The normalized spacial score (nSPS) is 17.8. The first kappa shape index (κ1) is 8.71. The lowest BCUT2D eigenvalue weighted by atomic mass is 10.2. The molecule has 11 heavy (non-hydrogen) atoms. The Labute approximate surface area is 71.9 Å². The van der Waals surface area contributed by atoms with Gasteiger partial charge in [0.05, 0.1) is 0 Å². The molecule has 0 N–H and O–H groups in total. The van der Waals surface area contributed by atoms with Crippen LogP contribution in [0.3, 0.4) is 0 Å². The molecular weight excluding hydrogens is 218 g/mol. The van der Waals surface area contributed by atoms with Gasteiger partial charge in [0.1, 0.15) is 5.76 Å². The van der Waals surface area contributed by atoms with Crippen molar-refractivity contribution in [3.05, 3.63) is 22.4 Å². The van der Waals surface area contributed by atoms with Crippen LogP contribution >= 0.6 is 15.9 Å². The molecule has 0 saturated carbocycles. The van der Waals surface area contributed by atoms with Gasteiger partial charge in [-0.15, -0.1) is 0 Å². The molecule has 0 saturated heterocycles. The maximum atomic E-state index is 11.6. The van der Waals surface area contributed by atoms with Gasteiger partial charge in [-0.05, 0) is 29.5 Å². The van der Waals surface area contributed by atoms with Gasteiger partial charge in [0.15, 0.2) is 0 Å². The monoisotopic (exact) mass is 224 g/mol. The largest absolute Gasteiger partial charge is 0.435 e. The second-order valence-corrected chi connectivity index (χ2v) is 3.13. The zero-order chi connectivity index (χ0) is 8.27. The second kappa shape index (κ2) is 3.85. The second-order valence-electron chi connectivity index (χ2n) is 2.11. The molecule has 62 valence electrons. The van der Waals surface area contributed by atoms with E-state index in [1.165, 1.54) is 0 Å². The van der Waals surface area contributed by atoms with E-state index in [1.807, 2.05) is 0 Å². The molecule has 1 nitrogen and oxygen atoms in total. The minimum absolute atomic E-state index is 0.248. The zero-order valence-corrected chi connectivity index (χ0v) is 7.27. The standard InChI is InChI=1S/C7H7BrF2O/c8-5-2-1-3-6(4-5)11-7(9)10/h3-4,7H,1-2H2. The highest BCUT2D eigenvalue weighted by Crippen LogP contribution is 2.23. The molecule has 0 aromatic carbocycles. The molecule has 0 radical (unpaired) electrons. The fourth-order valence-electron chi connectivity index (χ4n) is 0.823. The van der Waals surface area contributed by atoms with Gasteiger partial charge >= 0.3 is 6.61 Å². The molecule has 1 aliphatic carbocycles. The van der Waals surface area contributed by atoms with E-state index in [0.717, 1.165) is 17.3 Å². The molecule has 0 aromatic rings. The zero-order valence-electron chi connectivity index (χ0n) is 5.69. The van der Waals surface area contributed by atoms with Crippen LogP contribution in [0.2, 0.25) is 0 Å². The van der Waals surface area contributed by atoms with Crippen LogP contribution in [0.25, 0.3) is 0 Å². The van der Waals surface area contributed by atoms with Crippen LogP contribution in [0, 0.1) is 0 Å². The first-order valence-electron chi connectivity index (χ1n) is 3.19. The lowest BCUT2D eigenvalue weighted by Gasteiger charge is -2.09. The van der Waals surface area contributed by atoms with E-state index in [2.05, 4.69) is 20.7 Å². The molecule has 0 aliphatic heterocycles. The smallest absolute Gasteiger partial charge is 0.387 e. The summed E-state index contributed by atoms with van der Waals surface area (Å²) in [6, 6.07) is 0. The summed E-state index contributed by atoms with van der Waals surface area (Å²) in [5.41, 5.74) is 0. The molecule has 0 spiro atoms. The Hall–Kier alpha value is -0.380. The van der Waals surface area contributed by atoms with Crippen LogP contribution in [0.1, 0.15) is 12.8 Å². The van der Waals surface area contributed by atoms with Gasteiger partial charge in [-0.1, -0.05) is 15.9 Å². The molecule has 1 aliphatic rings. The molecular formula is C7H7BrF2O. The maximum Gasteiger partial charge on any atom is 0.387 e. The molecule has 4 heteroatoms. The predicted octanol–water partition coefficient (Wildman–Crippen LogP) is 3.18. The first-order chi connectivity index (χ1) is 5.18. The molecule has 0 fully saturated rings. The Morgan fingerprint density at radius 1 is 1.55 bits per heavy atom. The number of hydrogen-bond acceptors (Lipinski definition) is 1. The Balaban J connectivity index is 2.52. The SMILES string of the molecule is FC(F)OC1=CCCC(Br)=C1. The van der Waals surface area contributed by atoms with Crippen molar-refractivity contribution in [1.82, 2.24) is 0 Å². The topological polar surface area (TPSA) is 9.23 Å². The molecule has 0 bridgehead atoms. The highest BCUT2D eigenvalue weighted by molar-refractivity contribution is 9.11. The van der Waals surface area contributed by atoms with E-state index in [-0.39, 0.29) is 5.76 Å². The molecule has 0 amide bonds. The molecule has 0 unspecified atom stereocenters. The van der Waals surface area contributed by atoms with E-state index in [4.69, 9.17) is 0 Å². The Bertz CT molecular complexity index is 199. The number of rotatable bonds is 2. The van der Waals surface area contributed by atoms with E-state index in [9.17, 15) is 8.78 Å². The Morgan fingerprint density at radius 2 is 2.27 bits per heavy atom. The van der Waals surface area contributed by atoms with Crippen molar-refractivity contribution in [1.29, 1.82) is 0 Å².